The van der Waals surface area contributed by atoms with Crippen LogP contribution in [0.3, 0.4) is 0 Å². The molecule has 8 nitrogen and oxygen atoms in total. The highest BCUT2D eigenvalue weighted by molar-refractivity contribution is 5.99. The standard InChI is InChI=1S/C25H25FN4O4/c1-16(31)33-20-10-12-21(13-11-20)34-25-27-14-18(15-28-25)17-6-8-19(9-7-17)29-24(32)30-23-5-3-2-4-22(23)26/h2-9,14-15,20-21H,10-13H2,1H3,(H2,29,30,32). The molecule has 1 aromatic heterocycles. The summed E-state index contributed by atoms with van der Waals surface area (Å²) in [5.74, 6) is -0.756. The van der Waals surface area contributed by atoms with Gasteiger partial charge >= 0.3 is 18.0 Å². The first-order valence-electron chi connectivity index (χ1n) is 11.0. The maximum Gasteiger partial charge on any atom is 0.323 e. The van der Waals surface area contributed by atoms with Gasteiger partial charge in [0.2, 0.25) is 0 Å². The summed E-state index contributed by atoms with van der Waals surface area (Å²) in [5.41, 5.74) is 2.33. The van der Waals surface area contributed by atoms with Crippen LogP contribution in [0, 0.1) is 5.82 Å². The van der Waals surface area contributed by atoms with Gasteiger partial charge in [-0.3, -0.25) is 4.79 Å². The van der Waals surface area contributed by atoms with Crippen molar-refractivity contribution in [2.24, 2.45) is 0 Å². The van der Waals surface area contributed by atoms with Gasteiger partial charge in [0, 0.05) is 30.6 Å². The third kappa shape index (κ3) is 6.28. The summed E-state index contributed by atoms with van der Waals surface area (Å²) in [6, 6.07) is 12.9. The van der Waals surface area contributed by atoms with Crippen LogP contribution in [0.15, 0.2) is 60.9 Å². The fourth-order valence-corrected chi connectivity index (χ4v) is 3.77. The van der Waals surface area contributed by atoms with Crippen molar-refractivity contribution in [3.05, 3.63) is 66.7 Å². The largest absolute Gasteiger partial charge is 0.463 e. The zero-order chi connectivity index (χ0) is 23.9. The lowest BCUT2D eigenvalue weighted by atomic mass is 9.95. The second kappa shape index (κ2) is 10.7. The normalized spacial score (nSPS) is 17.5. The molecule has 0 unspecified atom stereocenters. The molecule has 34 heavy (non-hydrogen) atoms. The third-order valence-electron chi connectivity index (χ3n) is 5.45. The molecule has 0 atom stereocenters. The number of carbonyl (C=O) groups excluding carboxylic acids is 2. The molecule has 4 rings (SSSR count). The highest BCUT2D eigenvalue weighted by Crippen LogP contribution is 2.25. The number of hydrogen-bond donors (Lipinski definition) is 2. The minimum atomic E-state index is -0.537. The van der Waals surface area contributed by atoms with Gasteiger partial charge in [0.05, 0.1) is 5.69 Å². The van der Waals surface area contributed by atoms with Crippen LogP contribution in [0.5, 0.6) is 6.01 Å². The van der Waals surface area contributed by atoms with Crippen molar-refractivity contribution in [2.45, 2.75) is 44.8 Å². The van der Waals surface area contributed by atoms with Crippen molar-refractivity contribution in [1.29, 1.82) is 0 Å². The highest BCUT2D eigenvalue weighted by Gasteiger charge is 2.24. The summed E-state index contributed by atoms with van der Waals surface area (Å²) in [5, 5.41) is 5.14. The van der Waals surface area contributed by atoms with Gasteiger partial charge in [-0.2, -0.15) is 0 Å². The fourth-order valence-electron chi connectivity index (χ4n) is 3.77. The molecule has 1 aliphatic rings. The molecular formula is C25H25FN4O4. The van der Waals surface area contributed by atoms with Crippen molar-refractivity contribution >= 4 is 23.4 Å². The van der Waals surface area contributed by atoms with Crippen LogP contribution in [0.25, 0.3) is 11.1 Å². The first-order chi connectivity index (χ1) is 16.5. The van der Waals surface area contributed by atoms with Crippen molar-refractivity contribution in [3.63, 3.8) is 0 Å². The highest BCUT2D eigenvalue weighted by atomic mass is 19.1. The Hall–Kier alpha value is -4.01. The Kier molecular flexibility index (Phi) is 7.31. The van der Waals surface area contributed by atoms with E-state index < -0.39 is 11.8 Å². The second-order valence-corrected chi connectivity index (χ2v) is 8.02. The third-order valence-corrected chi connectivity index (χ3v) is 5.45. The Morgan fingerprint density at radius 3 is 2.18 bits per heavy atom. The number of carbonyl (C=O) groups is 2. The number of nitrogens with one attached hydrogen (secondary N) is 2. The van der Waals surface area contributed by atoms with E-state index >= 15 is 0 Å². The summed E-state index contributed by atoms with van der Waals surface area (Å²) in [7, 11) is 0. The first-order valence-corrected chi connectivity index (χ1v) is 11.0. The van der Waals surface area contributed by atoms with Crippen LogP contribution in [-0.2, 0) is 9.53 Å². The smallest absolute Gasteiger partial charge is 0.323 e. The van der Waals surface area contributed by atoms with Crippen LogP contribution in [0.1, 0.15) is 32.6 Å². The molecule has 0 radical (unpaired) electrons. The van der Waals surface area contributed by atoms with E-state index in [0.717, 1.165) is 36.8 Å². The van der Waals surface area contributed by atoms with E-state index in [1.165, 1.54) is 19.1 Å². The zero-order valence-electron chi connectivity index (χ0n) is 18.7. The molecule has 0 aliphatic heterocycles. The van der Waals surface area contributed by atoms with Gasteiger partial charge in [-0.25, -0.2) is 19.2 Å². The van der Waals surface area contributed by atoms with Gasteiger partial charge < -0.3 is 20.1 Å². The molecule has 1 heterocycles. The lowest BCUT2D eigenvalue weighted by Crippen LogP contribution is -2.29. The number of urea groups is 1. The molecule has 1 fully saturated rings. The number of anilines is 2. The Bertz CT molecular complexity index is 1130. The number of rotatable bonds is 6. The number of aromatic nitrogens is 2. The molecule has 0 bridgehead atoms. The average molecular weight is 464 g/mol. The van der Waals surface area contributed by atoms with E-state index in [1.807, 2.05) is 12.1 Å². The van der Waals surface area contributed by atoms with Gasteiger partial charge in [0.1, 0.15) is 18.0 Å². The van der Waals surface area contributed by atoms with E-state index in [-0.39, 0.29) is 23.9 Å². The minimum absolute atomic E-state index is 0.00137. The zero-order valence-corrected chi connectivity index (χ0v) is 18.7. The number of ether oxygens (including phenoxy) is 2. The van der Waals surface area contributed by atoms with Gasteiger partial charge in [-0.15, -0.1) is 0 Å². The lowest BCUT2D eigenvalue weighted by Gasteiger charge is -2.27. The molecule has 2 aromatic carbocycles. The molecule has 176 valence electrons. The Labute approximate surface area is 196 Å². The molecular weight excluding hydrogens is 439 g/mol. The summed E-state index contributed by atoms with van der Waals surface area (Å²) in [6.45, 7) is 1.42. The SMILES string of the molecule is CC(=O)OC1CCC(Oc2ncc(-c3ccc(NC(=O)Nc4ccccc4F)cc3)cn2)CC1. The predicted octanol–water partition coefficient (Wildman–Crippen LogP) is 5.18. The van der Waals surface area contributed by atoms with Crippen LogP contribution in [0.2, 0.25) is 0 Å². The predicted molar refractivity (Wildman–Crippen MR) is 125 cm³/mol. The van der Waals surface area contributed by atoms with E-state index in [1.54, 1.807) is 36.7 Å². The second-order valence-electron chi connectivity index (χ2n) is 8.02. The van der Waals surface area contributed by atoms with Crippen LogP contribution < -0.4 is 15.4 Å². The molecule has 1 saturated carbocycles. The number of esters is 1. The Balaban J connectivity index is 1.29. The topological polar surface area (TPSA) is 102 Å². The van der Waals surface area contributed by atoms with Crippen molar-refractivity contribution in [2.75, 3.05) is 10.6 Å². The Morgan fingerprint density at radius 1 is 0.882 bits per heavy atom. The monoisotopic (exact) mass is 464 g/mol. The van der Waals surface area contributed by atoms with Crippen molar-refractivity contribution in [3.8, 4) is 17.1 Å². The first kappa shape index (κ1) is 23.2. The molecule has 3 aromatic rings. The summed E-state index contributed by atoms with van der Waals surface area (Å²) in [6.07, 6.45) is 6.41. The maximum atomic E-state index is 13.7. The van der Waals surface area contributed by atoms with Crippen molar-refractivity contribution in [1.82, 2.24) is 9.97 Å². The number of para-hydroxylation sites is 1. The number of nitrogens with zero attached hydrogens (tertiary/aromatic N) is 2. The van der Waals surface area contributed by atoms with Crippen molar-refractivity contribution < 1.29 is 23.5 Å². The molecule has 0 saturated heterocycles. The maximum absolute atomic E-state index is 13.7. The molecule has 9 heteroatoms. The minimum Gasteiger partial charge on any atom is -0.463 e. The van der Waals surface area contributed by atoms with Crippen LogP contribution >= 0.6 is 0 Å². The number of amides is 2. The number of hydrogen-bond acceptors (Lipinski definition) is 6. The quantitative estimate of drug-likeness (QED) is 0.488. The van der Waals surface area contributed by atoms with Gasteiger partial charge in [-0.05, 0) is 55.5 Å². The number of halogens is 1. The van der Waals surface area contributed by atoms with Gasteiger partial charge in [0.15, 0.2) is 0 Å². The fraction of sp³-hybridized carbons (Fsp3) is 0.280. The summed E-state index contributed by atoms with van der Waals surface area (Å²) >= 11 is 0. The van der Waals surface area contributed by atoms with E-state index in [0.29, 0.717) is 11.7 Å². The summed E-state index contributed by atoms with van der Waals surface area (Å²) < 4.78 is 24.8. The summed E-state index contributed by atoms with van der Waals surface area (Å²) in [4.78, 5) is 31.8. The van der Waals surface area contributed by atoms with Gasteiger partial charge in [-0.1, -0.05) is 24.3 Å². The molecule has 1 aliphatic carbocycles. The van der Waals surface area contributed by atoms with Crippen LogP contribution in [0.4, 0.5) is 20.6 Å². The van der Waals surface area contributed by atoms with E-state index in [2.05, 4.69) is 20.6 Å². The lowest BCUT2D eigenvalue weighted by molar-refractivity contribution is -0.148. The molecule has 2 amide bonds. The average Bonchev–Trinajstić information content (AvgIpc) is 2.83. The Morgan fingerprint density at radius 2 is 1.53 bits per heavy atom. The van der Waals surface area contributed by atoms with Crippen LogP contribution in [-0.4, -0.2) is 34.2 Å². The number of benzene rings is 2. The molecule has 0 spiro atoms. The van der Waals surface area contributed by atoms with E-state index in [4.69, 9.17) is 9.47 Å². The molecule has 2 N–H and O–H groups in total. The van der Waals surface area contributed by atoms with E-state index in [9.17, 15) is 14.0 Å². The van der Waals surface area contributed by atoms with Gasteiger partial charge in [0.25, 0.3) is 0 Å².